The molecule has 4 heterocycles. The first kappa shape index (κ1) is 26.3. The molecule has 0 spiro atoms. The van der Waals surface area contributed by atoms with Crippen LogP contribution in [0.4, 0.5) is 0 Å². The maximum absolute atomic E-state index is 13.4. The van der Waals surface area contributed by atoms with Gasteiger partial charge in [-0.1, -0.05) is 18.2 Å². The zero-order chi connectivity index (χ0) is 28.2. The van der Waals surface area contributed by atoms with Crippen molar-refractivity contribution in [1.29, 1.82) is 0 Å². The van der Waals surface area contributed by atoms with Crippen LogP contribution >= 0.6 is 0 Å². The number of pyridine rings is 2. The second-order valence-electron chi connectivity index (χ2n) is 9.73. The Balaban J connectivity index is 1.18. The van der Waals surface area contributed by atoms with Crippen LogP contribution in [0.25, 0.3) is 16.6 Å². The number of aromatic amines is 1. The van der Waals surface area contributed by atoms with Gasteiger partial charge in [0, 0.05) is 36.8 Å². The number of carbonyl (C=O) groups excluding carboxylic acids is 1. The lowest BCUT2D eigenvalue weighted by Crippen LogP contribution is -2.30. The van der Waals surface area contributed by atoms with Crippen LogP contribution in [-0.4, -0.2) is 46.0 Å². The fourth-order valence-corrected chi connectivity index (χ4v) is 4.99. The molecule has 41 heavy (non-hydrogen) atoms. The minimum atomic E-state index is -0.441. The SMILES string of the molecule is COc1ccc2c(Oc3ccc(CNC(=O)c4c(C5CCOCC5)[nH]n(-c5ccccc5)c4=O)nc3)ccnc2c1. The molecule has 6 rings (SSSR count). The van der Waals surface area contributed by atoms with Crippen LogP contribution in [-0.2, 0) is 11.3 Å². The average Bonchev–Trinajstić information content (AvgIpc) is 3.38. The fraction of sp³-hybridized carbons (Fsp3) is 0.226. The van der Waals surface area contributed by atoms with Crippen LogP contribution in [0.3, 0.4) is 0 Å². The summed E-state index contributed by atoms with van der Waals surface area (Å²) in [5, 5.41) is 6.93. The number of hydrogen-bond donors (Lipinski definition) is 2. The normalized spacial score (nSPS) is 13.7. The van der Waals surface area contributed by atoms with Gasteiger partial charge in [0.05, 0.1) is 42.4 Å². The summed E-state index contributed by atoms with van der Waals surface area (Å²) in [5.41, 5.74) is 2.43. The molecular weight excluding hydrogens is 522 g/mol. The van der Waals surface area contributed by atoms with E-state index in [0.717, 1.165) is 23.7 Å². The maximum atomic E-state index is 13.4. The van der Waals surface area contributed by atoms with Crippen LogP contribution in [0, 0.1) is 0 Å². The Labute approximate surface area is 235 Å². The molecule has 3 aromatic heterocycles. The van der Waals surface area contributed by atoms with Gasteiger partial charge >= 0.3 is 0 Å². The van der Waals surface area contributed by atoms with E-state index >= 15 is 0 Å². The molecular formula is C31H29N5O5. The summed E-state index contributed by atoms with van der Waals surface area (Å²) in [6.07, 6.45) is 4.75. The highest BCUT2D eigenvalue weighted by molar-refractivity contribution is 5.95. The van der Waals surface area contributed by atoms with Crippen LogP contribution in [0.15, 0.2) is 83.9 Å². The van der Waals surface area contributed by atoms with Gasteiger partial charge in [-0.05, 0) is 55.3 Å². The molecule has 0 unspecified atom stereocenters. The molecule has 5 aromatic rings. The van der Waals surface area contributed by atoms with E-state index in [1.165, 1.54) is 4.68 Å². The molecule has 208 valence electrons. The Bertz CT molecular complexity index is 1720. The molecule has 0 saturated carbocycles. The van der Waals surface area contributed by atoms with Gasteiger partial charge in [-0.3, -0.25) is 24.7 Å². The fourth-order valence-electron chi connectivity index (χ4n) is 4.99. The summed E-state index contributed by atoms with van der Waals surface area (Å²) in [6, 6.07) is 20.2. The summed E-state index contributed by atoms with van der Waals surface area (Å²) < 4.78 is 18.3. The van der Waals surface area contributed by atoms with Gasteiger partial charge in [0.25, 0.3) is 11.5 Å². The third-order valence-corrected chi connectivity index (χ3v) is 7.15. The Kier molecular flexibility index (Phi) is 7.46. The highest BCUT2D eigenvalue weighted by Gasteiger charge is 2.28. The summed E-state index contributed by atoms with van der Waals surface area (Å²) in [5.74, 6) is 1.49. The van der Waals surface area contributed by atoms with Gasteiger partial charge in [0.1, 0.15) is 22.8 Å². The van der Waals surface area contributed by atoms with Crippen molar-refractivity contribution in [2.45, 2.75) is 25.3 Å². The standard InChI is InChI=1S/C31H29N5O5/c1-39-23-9-10-25-26(17-23)32-14-11-27(25)41-24-8-7-21(33-19-24)18-34-30(37)28-29(20-12-15-40-16-13-20)35-36(31(28)38)22-5-3-2-4-6-22/h2-11,14,17,19-20,35H,12-13,15-16,18H2,1H3,(H,34,37). The molecule has 2 N–H and O–H groups in total. The van der Waals surface area contributed by atoms with Gasteiger partial charge in [-0.15, -0.1) is 0 Å². The number of H-pyrrole nitrogens is 1. The molecule has 0 bridgehead atoms. The predicted octanol–water partition coefficient (Wildman–Crippen LogP) is 4.73. The van der Waals surface area contributed by atoms with Gasteiger partial charge in [0.15, 0.2) is 0 Å². The average molecular weight is 552 g/mol. The van der Waals surface area contributed by atoms with Crippen LogP contribution in [0.5, 0.6) is 17.2 Å². The molecule has 1 amide bonds. The number of fused-ring (bicyclic) bond motifs is 1. The summed E-state index contributed by atoms with van der Waals surface area (Å²) in [4.78, 5) is 35.6. The van der Waals surface area contributed by atoms with Gasteiger partial charge in [-0.25, -0.2) is 4.68 Å². The zero-order valence-electron chi connectivity index (χ0n) is 22.5. The topological polar surface area (TPSA) is 120 Å². The third kappa shape index (κ3) is 5.55. The molecule has 10 nitrogen and oxygen atoms in total. The lowest BCUT2D eigenvalue weighted by molar-refractivity contribution is 0.0832. The number of methoxy groups -OCH3 is 1. The minimum Gasteiger partial charge on any atom is -0.497 e. The molecule has 1 saturated heterocycles. The number of amides is 1. The highest BCUT2D eigenvalue weighted by Crippen LogP contribution is 2.31. The highest BCUT2D eigenvalue weighted by atomic mass is 16.5. The predicted molar refractivity (Wildman–Crippen MR) is 153 cm³/mol. The van der Waals surface area contributed by atoms with Crippen molar-refractivity contribution in [2.24, 2.45) is 0 Å². The quantitative estimate of drug-likeness (QED) is 0.286. The van der Waals surface area contributed by atoms with Gasteiger partial charge in [0.2, 0.25) is 0 Å². The Morgan fingerprint density at radius 2 is 1.85 bits per heavy atom. The van der Waals surface area contributed by atoms with Crippen molar-refractivity contribution in [3.05, 3.63) is 106 Å². The minimum absolute atomic E-state index is 0.0297. The molecule has 1 fully saturated rings. The van der Waals surface area contributed by atoms with E-state index in [1.807, 2.05) is 48.5 Å². The number of nitrogens with one attached hydrogen (secondary N) is 2. The van der Waals surface area contributed by atoms with E-state index < -0.39 is 5.91 Å². The van der Waals surface area contributed by atoms with Crippen LogP contribution in [0.1, 0.15) is 40.5 Å². The Morgan fingerprint density at radius 3 is 2.61 bits per heavy atom. The number of rotatable bonds is 8. The largest absolute Gasteiger partial charge is 0.497 e. The summed E-state index contributed by atoms with van der Waals surface area (Å²) in [6.45, 7) is 1.33. The number of para-hydroxylation sites is 1. The number of carbonyl (C=O) groups is 1. The zero-order valence-corrected chi connectivity index (χ0v) is 22.5. The van der Waals surface area contributed by atoms with E-state index in [9.17, 15) is 9.59 Å². The van der Waals surface area contributed by atoms with Crippen molar-refractivity contribution in [3.63, 3.8) is 0 Å². The van der Waals surface area contributed by atoms with Crippen molar-refractivity contribution < 1.29 is 19.0 Å². The van der Waals surface area contributed by atoms with Crippen molar-refractivity contribution in [1.82, 2.24) is 25.1 Å². The van der Waals surface area contributed by atoms with Crippen LogP contribution in [0.2, 0.25) is 0 Å². The van der Waals surface area contributed by atoms with Crippen molar-refractivity contribution >= 4 is 16.8 Å². The Hall–Kier alpha value is -4.96. The second kappa shape index (κ2) is 11.6. The molecule has 1 aliphatic rings. The summed E-state index contributed by atoms with van der Waals surface area (Å²) >= 11 is 0. The summed E-state index contributed by atoms with van der Waals surface area (Å²) in [7, 11) is 1.61. The van der Waals surface area contributed by atoms with E-state index in [4.69, 9.17) is 14.2 Å². The van der Waals surface area contributed by atoms with Crippen LogP contribution < -0.4 is 20.3 Å². The number of nitrogens with zero attached hydrogens (tertiary/aromatic N) is 3. The number of aromatic nitrogens is 4. The number of hydrogen-bond acceptors (Lipinski definition) is 7. The van der Waals surface area contributed by atoms with Crippen molar-refractivity contribution in [3.8, 4) is 22.9 Å². The number of ether oxygens (including phenoxy) is 3. The first-order chi connectivity index (χ1) is 20.1. The molecule has 1 aliphatic heterocycles. The monoisotopic (exact) mass is 551 g/mol. The van der Waals surface area contributed by atoms with E-state index in [1.54, 1.807) is 37.7 Å². The van der Waals surface area contributed by atoms with E-state index in [2.05, 4.69) is 20.4 Å². The smallest absolute Gasteiger partial charge is 0.284 e. The first-order valence-electron chi connectivity index (χ1n) is 13.4. The maximum Gasteiger partial charge on any atom is 0.284 e. The molecule has 10 heteroatoms. The van der Waals surface area contributed by atoms with Gasteiger partial charge < -0.3 is 19.5 Å². The lowest BCUT2D eigenvalue weighted by Gasteiger charge is -2.21. The first-order valence-corrected chi connectivity index (χ1v) is 13.4. The molecule has 0 aliphatic carbocycles. The lowest BCUT2D eigenvalue weighted by atomic mass is 9.93. The van der Waals surface area contributed by atoms with E-state index in [0.29, 0.717) is 47.5 Å². The second-order valence-corrected chi connectivity index (χ2v) is 9.73. The van der Waals surface area contributed by atoms with Gasteiger partial charge in [-0.2, -0.15) is 0 Å². The van der Waals surface area contributed by atoms with E-state index in [-0.39, 0.29) is 23.6 Å². The third-order valence-electron chi connectivity index (χ3n) is 7.15. The molecule has 0 atom stereocenters. The molecule has 2 aromatic carbocycles. The van der Waals surface area contributed by atoms with Crippen molar-refractivity contribution in [2.75, 3.05) is 20.3 Å². The molecule has 0 radical (unpaired) electrons. The number of benzene rings is 2. The Morgan fingerprint density at radius 1 is 1.05 bits per heavy atom.